The summed E-state index contributed by atoms with van der Waals surface area (Å²) in [5, 5.41) is 12.4. The summed E-state index contributed by atoms with van der Waals surface area (Å²) in [5.41, 5.74) is 4.91. The second kappa shape index (κ2) is 8.83. The largest absolute Gasteiger partial charge is 0.317 e. The van der Waals surface area contributed by atoms with E-state index in [2.05, 4.69) is 78.7 Å². The molecular formula is C24H33N4S+. The third-order valence-electron chi connectivity index (χ3n) is 6.68. The predicted molar refractivity (Wildman–Crippen MR) is 121 cm³/mol. The Balaban J connectivity index is 1.74. The molecular weight excluding hydrogens is 376 g/mol. The van der Waals surface area contributed by atoms with E-state index >= 15 is 0 Å². The van der Waals surface area contributed by atoms with Gasteiger partial charge in [0.15, 0.2) is 11.4 Å². The van der Waals surface area contributed by atoms with Crippen LogP contribution in [0.25, 0.3) is 5.70 Å². The van der Waals surface area contributed by atoms with Gasteiger partial charge in [-0.2, -0.15) is 0 Å². The third kappa shape index (κ3) is 4.18. The lowest BCUT2D eigenvalue weighted by Gasteiger charge is -2.28. The van der Waals surface area contributed by atoms with Gasteiger partial charge in [0.05, 0.1) is 11.0 Å². The van der Waals surface area contributed by atoms with Crippen LogP contribution in [0, 0.1) is 17.8 Å². The maximum absolute atomic E-state index is 4.71. The lowest BCUT2D eigenvalue weighted by atomic mass is 9.82. The van der Waals surface area contributed by atoms with Gasteiger partial charge in [0.1, 0.15) is 0 Å². The number of allylic oxidation sites excluding steroid dienone is 4. The molecule has 1 N–H and O–H groups in total. The van der Waals surface area contributed by atoms with Gasteiger partial charge in [-0.05, 0) is 68.0 Å². The Kier molecular flexibility index (Phi) is 6.19. The summed E-state index contributed by atoms with van der Waals surface area (Å²) in [6, 6.07) is 4.97. The maximum atomic E-state index is 4.71. The van der Waals surface area contributed by atoms with Crippen molar-refractivity contribution >= 4 is 22.7 Å². The molecule has 3 aliphatic rings. The van der Waals surface area contributed by atoms with Crippen molar-refractivity contribution in [1.82, 2.24) is 10.3 Å². The van der Waals surface area contributed by atoms with Crippen molar-refractivity contribution in [3.8, 4) is 0 Å². The van der Waals surface area contributed by atoms with Gasteiger partial charge in [-0.3, -0.25) is 0 Å². The first-order valence-corrected chi connectivity index (χ1v) is 11.9. The van der Waals surface area contributed by atoms with Crippen molar-refractivity contribution in [3.63, 3.8) is 0 Å². The Morgan fingerprint density at radius 3 is 2.90 bits per heavy atom. The zero-order chi connectivity index (χ0) is 20.4. The highest BCUT2D eigenvalue weighted by atomic mass is 32.1. The monoisotopic (exact) mass is 409 g/mol. The Bertz CT molecular complexity index is 886. The van der Waals surface area contributed by atoms with Crippen LogP contribution in [0.4, 0.5) is 0 Å². The van der Waals surface area contributed by atoms with E-state index in [1.54, 1.807) is 11.3 Å². The van der Waals surface area contributed by atoms with Gasteiger partial charge in [-0.1, -0.05) is 42.7 Å². The summed E-state index contributed by atoms with van der Waals surface area (Å²) < 4.78 is 0. The van der Waals surface area contributed by atoms with E-state index in [0.29, 0.717) is 23.8 Å². The van der Waals surface area contributed by atoms with E-state index < -0.39 is 0 Å². The lowest BCUT2D eigenvalue weighted by Crippen LogP contribution is -2.27. The molecule has 1 aromatic heterocycles. The number of hydrogen-bond donors (Lipinski definition) is 1. The number of rotatable bonds is 5. The topological polar surface area (TPSA) is 41.7 Å². The van der Waals surface area contributed by atoms with Crippen molar-refractivity contribution in [2.24, 2.45) is 23.0 Å². The van der Waals surface area contributed by atoms with Gasteiger partial charge in [0.2, 0.25) is 10.9 Å². The zero-order valence-corrected chi connectivity index (χ0v) is 18.9. The summed E-state index contributed by atoms with van der Waals surface area (Å²) >= 11 is 1.77. The van der Waals surface area contributed by atoms with E-state index in [0.717, 1.165) is 18.6 Å². The molecule has 4 nitrogen and oxygen atoms in total. The van der Waals surface area contributed by atoms with Crippen molar-refractivity contribution in [3.05, 3.63) is 51.9 Å². The number of nitrogens with zero attached hydrogens (tertiary/aromatic N) is 3. The van der Waals surface area contributed by atoms with Gasteiger partial charge < -0.3 is 5.32 Å². The molecule has 1 saturated carbocycles. The molecule has 1 aromatic rings. The molecule has 0 amide bonds. The van der Waals surface area contributed by atoms with Crippen molar-refractivity contribution in [2.75, 3.05) is 7.05 Å². The van der Waals surface area contributed by atoms with Crippen LogP contribution in [0.1, 0.15) is 57.8 Å². The Labute approximate surface area is 178 Å². The Morgan fingerprint density at radius 1 is 1.34 bits per heavy atom. The molecule has 1 aliphatic carbocycles. The van der Waals surface area contributed by atoms with Crippen LogP contribution in [0.15, 0.2) is 52.2 Å². The van der Waals surface area contributed by atoms with E-state index in [-0.39, 0.29) is 0 Å². The second-order valence-electron chi connectivity index (χ2n) is 8.62. The molecule has 1 fully saturated rings. The van der Waals surface area contributed by atoms with Gasteiger partial charge >= 0.3 is 0 Å². The molecule has 3 heterocycles. The smallest absolute Gasteiger partial charge is 0.239 e. The van der Waals surface area contributed by atoms with Crippen LogP contribution in [0.2, 0.25) is 0 Å². The third-order valence-corrected chi connectivity index (χ3v) is 7.58. The Hall–Kier alpha value is -1.94. The highest BCUT2D eigenvalue weighted by molar-refractivity contribution is 7.11. The average molecular weight is 410 g/mol. The van der Waals surface area contributed by atoms with E-state index in [1.807, 2.05) is 0 Å². The van der Waals surface area contributed by atoms with Crippen LogP contribution in [-0.4, -0.2) is 28.6 Å². The summed E-state index contributed by atoms with van der Waals surface area (Å²) in [7, 11) is 2.10. The predicted octanol–water partition coefficient (Wildman–Crippen LogP) is 5.71. The molecule has 29 heavy (non-hydrogen) atoms. The number of nitrogens with one attached hydrogen (secondary N) is 1. The number of fused-ring (bicyclic) bond motifs is 1. The van der Waals surface area contributed by atoms with Gasteiger partial charge in [0, 0.05) is 18.0 Å². The SMILES string of the molecule is CCC1=[N+]=NN2C(=C1)C(C(C)C1CCC(NC)C1)=CCC(C)C=C2c1cccs1. The minimum Gasteiger partial charge on any atom is -0.317 e. The average Bonchev–Trinajstić information content (AvgIpc) is 3.42. The van der Waals surface area contributed by atoms with Crippen LogP contribution >= 0.6 is 11.3 Å². The first kappa shape index (κ1) is 20.3. The molecule has 0 radical (unpaired) electrons. The molecule has 0 aromatic carbocycles. The van der Waals surface area contributed by atoms with Crippen LogP contribution < -0.4 is 5.32 Å². The quantitative estimate of drug-likeness (QED) is 0.633. The van der Waals surface area contributed by atoms with E-state index in [1.165, 1.54) is 41.1 Å². The molecule has 4 unspecified atom stereocenters. The summed E-state index contributed by atoms with van der Waals surface area (Å²) in [4.78, 5) is 5.78. The molecule has 5 heteroatoms. The van der Waals surface area contributed by atoms with Crippen LogP contribution in [0.5, 0.6) is 0 Å². The van der Waals surface area contributed by atoms with Crippen molar-refractivity contribution < 1.29 is 4.79 Å². The minimum atomic E-state index is 0.469. The van der Waals surface area contributed by atoms with Gasteiger partial charge in [0.25, 0.3) is 0 Å². The minimum absolute atomic E-state index is 0.469. The first-order valence-electron chi connectivity index (χ1n) is 11.0. The molecule has 0 saturated heterocycles. The first-order chi connectivity index (χ1) is 14.1. The van der Waals surface area contributed by atoms with Crippen molar-refractivity contribution in [1.29, 1.82) is 0 Å². The summed E-state index contributed by atoms with van der Waals surface area (Å²) in [6.45, 7) is 6.88. The number of hydrogen-bond acceptors (Lipinski definition) is 4. The fraction of sp³-hybridized carbons (Fsp3) is 0.542. The molecule has 4 rings (SSSR count). The van der Waals surface area contributed by atoms with Crippen LogP contribution in [0.3, 0.4) is 0 Å². The van der Waals surface area contributed by atoms with Crippen LogP contribution in [-0.2, 0) is 0 Å². The summed E-state index contributed by atoms with van der Waals surface area (Å²) in [5.74, 6) is 1.70. The standard InChI is InChI=1S/C24H33N4S/c1-5-19-15-22-21(17(3)18-9-10-20(14-18)25-4)11-8-16(2)13-23(28(22)27-26-19)24-7-6-12-29-24/h6-7,11-13,15-18,20,25H,5,8-10,14H2,1-4H3/q+1. The molecule has 0 spiro atoms. The summed E-state index contributed by atoms with van der Waals surface area (Å²) in [6.07, 6.45) is 12.9. The molecule has 4 atom stereocenters. The lowest BCUT2D eigenvalue weighted by molar-refractivity contribution is -0.129. The van der Waals surface area contributed by atoms with E-state index in [4.69, 9.17) is 5.22 Å². The second-order valence-corrected chi connectivity index (χ2v) is 9.57. The highest BCUT2D eigenvalue weighted by Crippen LogP contribution is 2.42. The normalized spacial score (nSPS) is 28.0. The fourth-order valence-electron chi connectivity index (χ4n) is 4.80. The highest BCUT2D eigenvalue weighted by Gasteiger charge is 2.38. The van der Waals surface area contributed by atoms with Gasteiger partial charge in [-0.25, -0.2) is 0 Å². The zero-order valence-electron chi connectivity index (χ0n) is 18.1. The van der Waals surface area contributed by atoms with Gasteiger partial charge in [-0.15, -0.1) is 11.3 Å². The molecule has 0 bridgehead atoms. The number of thiophene rings is 1. The van der Waals surface area contributed by atoms with E-state index in [9.17, 15) is 0 Å². The maximum Gasteiger partial charge on any atom is 0.239 e. The Morgan fingerprint density at radius 2 is 2.21 bits per heavy atom. The molecule has 2 aliphatic heterocycles. The van der Waals surface area contributed by atoms with Crippen molar-refractivity contribution in [2.45, 2.75) is 58.9 Å². The fourth-order valence-corrected chi connectivity index (χ4v) is 5.53. The molecule has 154 valence electrons.